The number of nitrogen functional groups attached to an aromatic ring is 1. The molecule has 0 aliphatic carbocycles. The van der Waals surface area contributed by atoms with Crippen molar-refractivity contribution in [2.75, 3.05) is 15.9 Å². The molecule has 0 aliphatic heterocycles. The lowest BCUT2D eigenvalue weighted by molar-refractivity contribution is 0.214. The molecule has 0 spiro atoms. The lowest BCUT2D eigenvalue weighted by Gasteiger charge is -2.22. The van der Waals surface area contributed by atoms with E-state index in [0.717, 1.165) is 10.1 Å². The summed E-state index contributed by atoms with van der Waals surface area (Å²) >= 11 is 0. The smallest absolute Gasteiger partial charge is 0.256 e. The molecule has 0 radical (unpaired) electrons. The van der Waals surface area contributed by atoms with Gasteiger partial charge in [-0.1, -0.05) is 0 Å². The Morgan fingerprint density at radius 3 is 1.53 bits per heavy atom. The van der Waals surface area contributed by atoms with Crippen LogP contribution in [-0.4, -0.2) is 37.5 Å². The molecule has 8 nitrogen and oxygen atoms in total. The minimum Gasteiger partial charge on any atom is -0.368 e. The van der Waals surface area contributed by atoms with E-state index in [1.54, 1.807) is 27.7 Å². The number of hydroxylamine groups is 2. The highest BCUT2D eigenvalue weighted by Gasteiger charge is 2.17. The molecule has 0 aromatic carbocycles. The first kappa shape index (κ1) is 13.4. The molecule has 1 rings (SSSR count). The highest BCUT2D eigenvalue weighted by atomic mass is 16.5. The normalized spacial score (nSPS) is 11.1. The first-order valence-corrected chi connectivity index (χ1v) is 5.30. The van der Waals surface area contributed by atoms with Gasteiger partial charge in [0.05, 0.1) is 12.1 Å². The van der Waals surface area contributed by atoms with Crippen LogP contribution >= 0.6 is 0 Å². The van der Waals surface area contributed by atoms with E-state index in [2.05, 4.69) is 15.0 Å². The van der Waals surface area contributed by atoms with Crippen LogP contribution in [0.15, 0.2) is 0 Å². The molecular formula is C9H18N6O2. The SMILES string of the molecule is CC(C)N(O)c1nc(N)nc(N(O)C(C)C)n1. The van der Waals surface area contributed by atoms with Crippen molar-refractivity contribution in [3.63, 3.8) is 0 Å². The van der Waals surface area contributed by atoms with E-state index in [1.807, 2.05) is 0 Å². The second-order valence-electron chi connectivity index (χ2n) is 4.17. The van der Waals surface area contributed by atoms with Crippen LogP contribution in [0.2, 0.25) is 0 Å². The molecule has 8 heteroatoms. The molecule has 17 heavy (non-hydrogen) atoms. The number of nitrogens with zero attached hydrogens (tertiary/aromatic N) is 5. The van der Waals surface area contributed by atoms with Crippen molar-refractivity contribution in [3.05, 3.63) is 0 Å². The van der Waals surface area contributed by atoms with Crippen LogP contribution in [0.1, 0.15) is 27.7 Å². The Bertz CT molecular complexity index is 351. The van der Waals surface area contributed by atoms with Crippen LogP contribution in [0, 0.1) is 0 Å². The average molecular weight is 242 g/mol. The van der Waals surface area contributed by atoms with E-state index in [1.165, 1.54) is 0 Å². The Kier molecular flexibility index (Phi) is 4.02. The van der Waals surface area contributed by atoms with Gasteiger partial charge in [-0.05, 0) is 27.7 Å². The van der Waals surface area contributed by atoms with Gasteiger partial charge < -0.3 is 5.73 Å². The fourth-order valence-corrected chi connectivity index (χ4v) is 1.04. The molecule has 1 heterocycles. The fourth-order valence-electron chi connectivity index (χ4n) is 1.04. The van der Waals surface area contributed by atoms with Crippen LogP contribution < -0.4 is 15.9 Å². The highest BCUT2D eigenvalue weighted by Crippen LogP contribution is 2.15. The first-order valence-electron chi connectivity index (χ1n) is 5.30. The molecule has 0 bridgehead atoms. The summed E-state index contributed by atoms with van der Waals surface area (Å²) in [5, 5.41) is 21.1. The topological polar surface area (TPSA) is 112 Å². The molecule has 0 aliphatic rings. The summed E-state index contributed by atoms with van der Waals surface area (Å²) in [5.41, 5.74) is 5.50. The summed E-state index contributed by atoms with van der Waals surface area (Å²) in [7, 11) is 0. The Labute approximate surface area is 99.6 Å². The number of hydrogen-bond acceptors (Lipinski definition) is 8. The van der Waals surface area contributed by atoms with Crippen molar-refractivity contribution < 1.29 is 10.4 Å². The van der Waals surface area contributed by atoms with Gasteiger partial charge in [0.2, 0.25) is 5.95 Å². The van der Waals surface area contributed by atoms with Crippen LogP contribution in [0.4, 0.5) is 17.8 Å². The van der Waals surface area contributed by atoms with Crippen molar-refractivity contribution in [1.29, 1.82) is 0 Å². The third kappa shape index (κ3) is 3.14. The van der Waals surface area contributed by atoms with E-state index in [4.69, 9.17) is 5.73 Å². The summed E-state index contributed by atoms with van der Waals surface area (Å²) in [6.45, 7) is 7.05. The number of anilines is 3. The number of hydrogen-bond donors (Lipinski definition) is 3. The number of aromatic nitrogens is 3. The molecule has 0 atom stereocenters. The van der Waals surface area contributed by atoms with Gasteiger partial charge in [0.25, 0.3) is 11.9 Å². The van der Waals surface area contributed by atoms with Crippen molar-refractivity contribution in [2.45, 2.75) is 39.8 Å². The van der Waals surface area contributed by atoms with Crippen molar-refractivity contribution in [1.82, 2.24) is 15.0 Å². The molecule has 0 saturated heterocycles. The largest absolute Gasteiger partial charge is 0.368 e. The third-order valence-corrected chi connectivity index (χ3v) is 2.02. The summed E-state index contributed by atoms with van der Waals surface area (Å²) in [5.74, 6) is -0.0613. The fraction of sp³-hybridized carbons (Fsp3) is 0.667. The minimum absolute atomic E-state index is 0.00204. The molecule has 0 amide bonds. The van der Waals surface area contributed by atoms with Gasteiger partial charge in [-0.3, -0.25) is 10.4 Å². The van der Waals surface area contributed by atoms with Gasteiger partial charge in [-0.25, -0.2) is 10.1 Å². The van der Waals surface area contributed by atoms with Crippen molar-refractivity contribution >= 4 is 17.8 Å². The quantitative estimate of drug-likeness (QED) is 0.660. The Balaban J connectivity index is 3.10. The van der Waals surface area contributed by atoms with Gasteiger partial charge in [0.15, 0.2) is 0 Å². The zero-order valence-electron chi connectivity index (χ0n) is 10.4. The van der Waals surface area contributed by atoms with Gasteiger partial charge >= 0.3 is 0 Å². The van der Waals surface area contributed by atoms with Crippen molar-refractivity contribution in [3.8, 4) is 0 Å². The van der Waals surface area contributed by atoms with Gasteiger partial charge in [0.1, 0.15) is 0 Å². The zero-order chi connectivity index (χ0) is 13.2. The lowest BCUT2D eigenvalue weighted by Crippen LogP contribution is -2.32. The molecule has 1 aromatic heterocycles. The van der Waals surface area contributed by atoms with Crippen LogP contribution in [0.5, 0.6) is 0 Å². The van der Waals surface area contributed by atoms with E-state index < -0.39 is 0 Å². The van der Waals surface area contributed by atoms with Crippen LogP contribution in [-0.2, 0) is 0 Å². The maximum Gasteiger partial charge on any atom is 0.256 e. The Hall–Kier alpha value is -1.67. The molecular weight excluding hydrogens is 224 g/mol. The monoisotopic (exact) mass is 242 g/mol. The third-order valence-electron chi connectivity index (χ3n) is 2.02. The molecule has 0 saturated carbocycles. The number of nitrogens with two attached hydrogens (primary N) is 1. The average Bonchev–Trinajstić information content (AvgIpc) is 2.25. The summed E-state index contributed by atoms with van der Waals surface area (Å²) in [4.78, 5) is 11.5. The zero-order valence-corrected chi connectivity index (χ0v) is 10.4. The molecule has 0 unspecified atom stereocenters. The van der Waals surface area contributed by atoms with E-state index >= 15 is 0 Å². The van der Waals surface area contributed by atoms with E-state index in [0.29, 0.717) is 0 Å². The van der Waals surface area contributed by atoms with Crippen LogP contribution in [0.3, 0.4) is 0 Å². The van der Waals surface area contributed by atoms with E-state index in [9.17, 15) is 10.4 Å². The predicted octanol–water partition coefficient (Wildman–Crippen LogP) is 0.662. The summed E-state index contributed by atoms with van der Waals surface area (Å²) in [6, 6.07) is -0.424. The maximum absolute atomic E-state index is 9.69. The first-order chi connectivity index (χ1) is 7.82. The summed E-state index contributed by atoms with van der Waals surface area (Å²) in [6.07, 6.45) is 0. The van der Waals surface area contributed by atoms with Crippen LogP contribution in [0.25, 0.3) is 0 Å². The molecule has 0 fully saturated rings. The minimum atomic E-state index is -0.212. The molecule has 96 valence electrons. The number of rotatable bonds is 4. The predicted molar refractivity (Wildman–Crippen MR) is 63.0 cm³/mol. The maximum atomic E-state index is 9.69. The van der Waals surface area contributed by atoms with Gasteiger partial charge in [-0.15, -0.1) is 0 Å². The van der Waals surface area contributed by atoms with Gasteiger partial charge in [-0.2, -0.15) is 15.0 Å². The standard InChI is InChI=1S/C9H18N6O2/c1-5(2)14(16)8-11-7(10)12-9(13-8)15(17)6(3)4/h5-6,16-17H,1-4H3,(H2,10,11,12,13). The Morgan fingerprint density at radius 2 is 1.24 bits per heavy atom. The molecule has 1 aromatic rings. The Morgan fingerprint density at radius 1 is 0.882 bits per heavy atom. The van der Waals surface area contributed by atoms with E-state index in [-0.39, 0.29) is 29.9 Å². The highest BCUT2D eigenvalue weighted by molar-refractivity contribution is 5.41. The second kappa shape index (κ2) is 5.11. The summed E-state index contributed by atoms with van der Waals surface area (Å²) < 4.78 is 0. The molecule has 4 N–H and O–H groups in total. The second-order valence-corrected chi connectivity index (χ2v) is 4.17. The van der Waals surface area contributed by atoms with Gasteiger partial charge in [0, 0.05) is 0 Å². The lowest BCUT2D eigenvalue weighted by atomic mass is 10.4. The van der Waals surface area contributed by atoms with Crippen molar-refractivity contribution in [2.24, 2.45) is 0 Å².